The van der Waals surface area contributed by atoms with Crippen molar-refractivity contribution >= 4 is 5.69 Å². The molecule has 3 heteroatoms. The zero-order valence-corrected chi connectivity index (χ0v) is 11.7. The molecule has 104 valence electrons. The van der Waals surface area contributed by atoms with E-state index in [0.29, 0.717) is 11.5 Å². The summed E-state index contributed by atoms with van der Waals surface area (Å²) in [5.41, 5.74) is 3.31. The molecule has 3 rings (SSSR count). The molecule has 0 aromatic heterocycles. The van der Waals surface area contributed by atoms with Gasteiger partial charge in [0, 0.05) is 38.5 Å². The molecule has 2 N–H and O–H groups in total. The summed E-state index contributed by atoms with van der Waals surface area (Å²) in [7, 11) is 1.79. The zero-order valence-electron chi connectivity index (χ0n) is 11.7. The Labute approximate surface area is 115 Å². The maximum absolute atomic E-state index is 5.20. The second-order valence-corrected chi connectivity index (χ2v) is 6.08. The summed E-state index contributed by atoms with van der Waals surface area (Å²) >= 11 is 0. The van der Waals surface area contributed by atoms with Crippen LogP contribution in [0.3, 0.4) is 0 Å². The number of benzene rings is 1. The molecule has 1 heterocycles. The fourth-order valence-corrected chi connectivity index (χ4v) is 3.02. The summed E-state index contributed by atoms with van der Waals surface area (Å²) in [6.45, 7) is 3.10. The Balaban J connectivity index is 1.40. The van der Waals surface area contributed by atoms with Crippen LogP contribution >= 0.6 is 0 Å². The predicted octanol–water partition coefficient (Wildman–Crippen LogP) is 2.43. The first-order chi connectivity index (χ1) is 9.31. The highest BCUT2D eigenvalue weighted by molar-refractivity contribution is 5.56. The van der Waals surface area contributed by atoms with Crippen LogP contribution in [0.4, 0.5) is 5.69 Å². The molecule has 1 aliphatic carbocycles. The zero-order chi connectivity index (χ0) is 13.1. The van der Waals surface area contributed by atoms with Crippen LogP contribution in [-0.2, 0) is 11.2 Å². The van der Waals surface area contributed by atoms with Gasteiger partial charge in [-0.15, -0.1) is 0 Å². The first-order valence-electron chi connectivity index (χ1n) is 7.35. The summed E-state index contributed by atoms with van der Waals surface area (Å²) in [5, 5.41) is 7.25. The molecule has 1 aromatic rings. The van der Waals surface area contributed by atoms with Crippen LogP contribution in [0.25, 0.3) is 0 Å². The Morgan fingerprint density at radius 3 is 2.95 bits per heavy atom. The van der Waals surface area contributed by atoms with Gasteiger partial charge in [-0.05, 0) is 42.7 Å². The van der Waals surface area contributed by atoms with Crippen molar-refractivity contribution in [3.05, 3.63) is 29.8 Å². The first kappa shape index (κ1) is 12.9. The lowest BCUT2D eigenvalue weighted by atomic mass is 10.0. The highest BCUT2D eigenvalue weighted by atomic mass is 16.5. The van der Waals surface area contributed by atoms with Crippen LogP contribution in [0, 0.1) is 5.41 Å². The number of nitrogens with one attached hydrogen (secondary N) is 2. The molecule has 0 amide bonds. The van der Waals surface area contributed by atoms with Crippen molar-refractivity contribution < 1.29 is 4.74 Å². The molecule has 2 aliphatic rings. The molecule has 19 heavy (non-hydrogen) atoms. The van der Waals surface area contributed by atoms with Gasteiger partial charge >= 0.3 is 0 Å². The third-order valence-electron chi connectivity index (χ3n) is 4.53. The van der Waals surface area contributed by atoms with E-state index in [1.807, 2.05) is 0 Å². The smallest absolute Gasteiger partial charge is 0.0468 e. The average Bonchev–Trinajstić information content (AvgIpc) is 3.07. The number of anilines is 1. The number of methoxy groups -OCH3 is 1. The third kappa shape index (κ3) is 3.10. The van der Waals surface area contributed by atoms with Crippen molar-refractivity contribution in [3.63, 3.8) is 0 Å². The first-order valence-corrected chi connectivity index (χ1v) is 7.35. The molecule has 3 nitrogen and oxygen atoms in total. The predicted molar refractivity (Wildman–Crippen MR) is 78.6 cm³/mol. The Kier molecular flexibility index (Phi) is 3.76. The second-order valence-electron chi connectivity index (χ2n) is 6.08. The Hall–Kier alpha value is -1.06. The monoisotopic (exact) mass is 260 g/mol. The molecular formula is C16H24N2O. The summed E-state index contributed by atoms with van der Waals surface area (Å²) in [4.78, 5) is 0. The number of hydrogen-bond acceptors (Lipinski definition) is 3. The normalized spacial score (nSPS) is 22.9. The lowest BCUT2D eigenvalue weighted by Gasteiger charge is -2.18. The lowest BCUT2D eigenvalue weighted by Crippen LogP contribution is -2.35. The Bertz CT molecular complexity index is 404. The van der Waals surface area contributed by atoms with Gasteiger partial charge in [-0.1, -0.05) is 18.2 Å². The number of hydrogen-bond donors (Lipinski definition) is 2. The van der Waals surface area contributed by atoms with Gasteiger partial charge in [0.15, 0.2) is 0 Å². The molecule has 1 unspecified atom stereocenters. The van der Waals surface area contributed by atoms with Crippen LogP contribution < -0.4 is 10.6 Å². The van der Waals surface area contributed by atoms with Crippen molar-refractivity contribution in [1.82, 2.24) is 5.32 Å². The molecular weight excluding hydrogens is 236 g/mol. The molecule has 1 aromatic carbocycles. The fraction of sp³-hybridized carbons (Fsp3) is 0.625. The quantitative estimate of drug-likeness (QED) is 0.790. The second kappa shape index (κ2) is 5.51. The van der Waals surface area contributed by atoms with Gasteiger partial charge in [0.1, 0.15) is 0 Å². The molecule has 0 bridgehead atoms. The van der Waals surface area contributed by atoms with E-state index in [1.165, 1.54) is 30.5 Å². The van der Waals surface area contributed by atoms with E-state index in [-0.39, 0.29) is 0 Å². The summed E-state index contributed by atoms with van der Waals surface area (Å²) < 4.78 is 5.20. The van der Waals surface area contributed by atoms with Crippen molar-refractivity contribution in [2.24, 2.45) is 5.41 Å². The minimum Gasteiger partial charge on any atom is -0.385 e. The van der Waals surface area contributed by atoms with Gasteiger partial charge < -0.3 is 15.4 Å². The van der Waals surface area contributed by atoms with Gasteiger partial charge in [-0.25, -0.2) is 0 Å². The third-order valence-corrected chi connectivity index (χ3v) is 4.53. The number of ether oxygens (including phenoxy) is 1. The van der Waals surface area contributed by atoms with E-state index in [2.05, 4.69) is 34.9 Å². The van der Waals surface area contributed by atoms with Crippen LogP contribution in [-0.4, -0.2) is 32.8 Å². The topological polar surface area (TPSA) is 33.3 Å². The van der Waals surface area contributed by atoms with E-state index in [9.17, 15) is 0 Å². The minimum absolute atomic E-state index is 0.543. The lowest BCUT2D eigenvalue weighted by molar-refractivity contribution is 0.171. The van der Waals surface area contributed by atoms with Crippen molar-refractivity contribution in [2.45, 2.75) is 31.7 Å². The Morgan fingerprint density at radius 2 is 2.21 bits per heavy atom. The maximum Gasteiger partial charge on any atom is 0.0468 e. The van der Waals surface area contributed by atoms with Crippen LogP contribution in [0.5, 0.6) is 0 Å². The van der Waals surface area contributed by atoms with Crippen LogP contribution in [0.1, 0.15) is 24.8 Å². The van der Waals surface area contributed by atoms with Crippen molar-refractivity contribution in [2.75, 3.05) is 32.1 Å². The standard InChI is InChI=1S/C16H24N2O/c1-19-9-8-16(6-7-16)12-17-11-14-10-13-4-2-3-5-15(13)18-14/h2-5,14,17-18H,6-12H2,1H3. The summed E-state index contributed by atoms with van der Waals surface area (Å²) in [6.07, 6.45) is 5.08. The highest BCUT2D eigenvalue weighted by Gasteiger charge is 2.41. The van der Waals surface area contributed by atoms with E-state index in [0.717, 1.165) is 26.1 Å². The molecule has 1 saturated carbocycles. The molecule has 1 fully saturated rings. The van der Waals surface area contributed by atoms with Gasteiger partial charge in [-0.3, -0.25) is 0 Å². The fourth-order valence-electron chi connectivity index (χ4n) is 3.02. The van der Waals surface area contributed by atoms with E-state index < -0.39 is 0 Å². The minimum atomic E-state index is 0.543. The summed E-state index contributed by atoms with van der Waals surface area (Å²) in [5.74, 6) is 0. The number of rotatable bonds is 7. The molecule has 0 radical (unpaired) electrons. The average molecular weight is 260 g/mol. The summed E-state index contributed by atoms with van der Waals surface area (Å²) in [6, 6.07) is 9.18. The van der Waals surface area contributed by atoms with Crippen LogP contribution in [0.15, 0.2) is 24.3 Å². The van der Waals surface area contributed by atoms with E-state index in [1.54, 1.807) is 7.11 Å². The Morgan fingerprint density at radius 1 is 1.37 bits per heavy atom. The van der Waals surface area contributed by atoms with Crippen LogP contribution in [0.2, 0.25) is 0 Å². The largest absolute Gasteiger partial charge is 0.385 e. The van der Waals surface area contributed by atoms with E-state index in [4.69, 9.17) is 4.74 Å². The van der Waals surface area contributed by atoms with E-state index >= 15 is 0 Å². The van der Waals surface area contributed by atoms with Gasteiger partial charge in [0.25, 0.3) is 0 Å². The molecule has 0 spiro atoms. The number of para-hydroxylation sites is 1. The maximum atomic E-state index is 5.20. The molecule has 0 saturated heterocycles. The molecule has 1 aliphatic heterocycles. The number of fused-ring (bicyclic) bond motifs is 1. The van der Waals surface area contributed by atoms with Gasteiger partial charge in [-0.2, -0.15) is 0 Å². The van der Waals surface area contributed by atoms with Crippen molar-refractivity contribution in [1.29, 1.82) is 0 Å². The molecule has 1 atom stereocenters. The SMILES string of the molecule is COCCC1(CNCC2Cc3ccccc3N2)CC1. The highest BCUT2D eigenvalue weighted by Crippen LogP contribution is 2.48. The van der Waals surface area contributed by atoms with Gasteiger partial charge in [0.2, 0.25) is 0 Å². The van der Waals surface area contributed by atoms with Crippen molar-refractivity contribution in [3.8, 4) is 0 Å². The van der Waals surface area contributed by atoms with Gasteiger partial charge in [0.05, 0.1) is 0 Å².